The van der Waals surface area contributed by atoms with Crippen LogP contribution < -0.4 is 0 Å². The predicted octanol–water partition coefficient (Wildman–Crippen LogP) is 1.37. The number of esters is 1. The molecule has 0 amide bonds. The molecule has 0 radical (unpaired) electrons. The van der Waals surface area contributed by atoms with Gasteiger partial charge in [0.2, 0.25) is 0 Å². The average molecular weight is 294 g/mol. The van der Waals surface area contributed by atoms with Crippen molar-refractivity contribution < 1.29 is 17.9 Å². The monoisotopic (exact) mass is 294 g/mol. The Labute approximate surface area is 116 Å². The molecule has 1 fully saturated rings. The molecular formula is C13H14N2O4S. The summed E-state index contributed by atoms with van der Waals surface area (Å²) in [4.78, 5) is 15.8. The smallest absolute Gasteiger partial charge is 0.339 e. The van der Waals surface area contributed by atoms with E-state index in [1.165, 1.54) is 7.11 Å². The van der Waals surface area contributed by atoms with Gasteiger partial charge >= 0.3 is 5.97 Å². The molecule has 2 aromatic heterocycles. The number of nitrogens with zero attached hydrogens (tertiary/aromatic N) is 2. The molecule has 106 valence electrons. The fourth-order valence-corrected chi connectivity index (χ4v) is 4.39. The summed E-state index contributed by atoms with van der Waals surface area (Å²) in [6.07, 6.45) is 4.55. The topological polar surface area (TPSA) is 77.7 Å². The number of sulfone groups is 1. The van der Waals surface area contributed by atoms with Crippen LogP contribution in [0.3, 0.4) is 0 Å². The highest BCUT2D eigenvalue weighted by Gasteiger charge is 2.34. The van der Waals surface area contributed by atoms with Gasteiger partial charge in [0, 0.05) is 12.4 Å². The Kier molecular flexibility index (Phi) is 3.01. The van der Waals surface area contributed by atoms with Gasteiger partial charge in [-0.05, 0) is 25.0 Å². The number of aromatic nitrogens is 2. The first-order chi connectivity index (χ1) is 9.51. The SMILES string of the molecule is COC(=O)c1ccc2nc(C3CCCS3(=O)=O)cn2c1. The fourth-order valence-electron chi connectivity index (χ4n) is 2.53. The van der Waals surface area contributed by atoms with E-state index < -0.39 is 21.1 Å². The van der Waals surface area contributed by atoms with Crippen LogP contribution in [-0.4, -0.2) is 36.6 Å². The molecule has 0 aromatic carbocycles. The quantitative estimate of drug-likeness (QED) is 0.782. The summed E-state index contributed by atoms with van der Waals surface area (Å²) in [6.45, 7) is 0. The van der Waals surface area contributed by atoms with Crippen molar-refractivity contribution >= 4 is 21.5 Å². The molecule has 1 saturated heterocycles. The molecule has 2 aromatic rings. The van der Waals surface area contributed by atoms with Crippen molar-refractivity contribution in [3.8, 4) is 0 Å². The van der Waals surface area contributed by atoms with E-state index in [0.29, 0.717) is 29.7 Å². The largest absolute Gasteiger partial charge is 0.465 e. The van der Waals surface area contributed by atoms with Gasteiger partial charge in [0.15, 0.2) is 9.84 Å². The van der Waals surface area contributed by atoms with Crippen LogP contribution in [0.15, 0.2) is 24.5 Å². The van der Waals surface area contributed by atoms with Crippen molar-refractivity contribution in [3.05, 3.63) is 35.8 Å². The van der Waals surface area contributed by atoms with E-state index in [1.54, 1.807) is 28.9 Å². The zero-order chi connectivity index (χ0) is 14.3. The third-order valence-electron chi connectivity index (χ3n) is 3.55. The van der Waals surface area contributed by atoms with Crippen molar-refractivity contribution in [1.82, 2.24) is 9.38 Å². The summed E-state index contributed by atoms with van der Waals surface area (Å²) in [5.41, 5.74) is 1.57. The lowest BCUT2D eigenvalue weighted by atomic mass is 10.2. The van der Waals surface area contributed by atoms with Crippen LogP contribution in [0.1, 0.15) is 34.1 Å². The van der Waals surface area contributed by atoms with Crippen LogP contribution in [0, 0.1) is 0 Å². The Morgan fingerprint density at radius 3 is 2.85 bits per heavy atom. The fraction of sp³-hybridized carbons (Fsp3) is 0.385. The van der Waals surface area contributed by atoms with Crippen LogP contribution in [0.4, 0.5) is 0 Å². The first-order valence-corrected chi connectivity index (χ1v) is 8.01. The Balaban J connectivity index is 2.05. The summed E-state index contributed by atoms with van der Waals surface area (Å²) >= 11 is 0. The molecule has 0 saturated carbocycles. The number of pyridine rings is 1. The second-order valence-electron chi connectivity index (χ2n) is 4.84. The van der Waals surface area contributed by atoms with E-state index in [2.05, 4.69) is 9.72 Å². The third-order valence-corrected chi connectivity index (χ3v) is 5.75. The second kappa shape index (κ2) is 4.59. The lowest BCUT2D eigenvalue weighted by Crippen LogP contribution is -2.08. The molecule has 1 aliphatic heterocycles. The van der Waals surface area contributed by atoms with E-state index in [9.17, 15) is 13.2 Å². The zero-order valence-corrected chi connectivity index (χ0v) is 11.8. The number of rotatable bonds is 2. The molecule has 0 bridgehead atoms. The molecular weight excluding hydrogens is 280 g/mol. The zero-order valence-electron chi connectivity index (χ0n) is 10.9. The highest BCUT2D eigenvalue weighted by molar-refractivity contribution is 7.91. The molecule has 7 heteroatoms. The molecule has 0 aliphatic carbocycles. The van der Waals surface area contributed by atoms with Gasteiger partial charge in [0.25, 0.3) is 0 Å². The van der Waals surface area contributed by atoms with Gasteiger partial charge in [-0.1, -0.05) is 0 Å². The molecule has 6 nitrogen and oxygen atoms in total. The number of carbonyl (C=O) groups is 1. The highest BCUT2D eigenvalue weighted by atomic mass is 32.2. The minimum absolute atomic E-state index is 0.221. The molecule has 0 N–H and O–H groups in total. The number of hydrogen-bond donors (Lipinski definition) is 0. The number of fused-ring (bicyclic) bond motifs is 1. The summed E-state index contributed by atoms with van der Waals surface area (Å²) in [5.74, 6) is -0.213. The Hall–Kier alpha value is -1.89. The number of methoxy groups -OCH3 is 1. The standard InChI is InChI=1S/C13H14N2O4S/c1-19-13(16)9-4-5-12-14-10(8-15(12)7-9)11-3-2-6-20(11,17)18/h4-5,7-8,11H,2-3,6H2,1H3. The molecule has 1 atom stereocenters. The molecule has 1 aliphatic rings. The summed E-state index contributed by atoms with van der Waals surface area (Å²) < 4.78 is 30.2. The third kappa shape index (κ3) is 2.07. The maximum Gasteiger partial charge on any atom is 0.339 e. The molecule has 0 spiro atoms. The van der Waals surface area contributed by atoms with Gasteiger partial charge in [-0.3, -0.25) is 0 Å². The number of imidazole rings is 1. The van der Waals surface area contributed by atoms with Crippen LogP contribution in [0.2, 0.25) is 0 Å². The molecule has 20 heavy (non-hydrogen) atoms. The van der Waals surface area contributed by atoms with Gasteiger partial charge < -0.3 is 9.14 Å². The van der Waals surface area contributed by atoms with Gasteiger partial charge in [0.1, 0.15) is 10.9 Å². The Morgan fingerprint density at radius 2 is 2.20 bits per heavy atom. The number of hydrogen-bond acceptors (Lipinski definition) is 5. The van der Waals surface area contributed by atoms with Crippen molar-refractivity contribution in [2.24, 2.45) is 0 Å². The first-order valence-electron chi connectivity index (χ1n) is 6.30. The van der Waals surface area contributed by atoms with Gasteiger partial charge in [0.05, 0.1) is 24.1 Å². The molecule has 1 unspecified atom stereocenters. The van der Waals surface area contributed by atoms with Crippen molar-refractivity contribution in [3.63, 3.8) is 0 Å². The minimum atomic E-state index is -3.09. The van der Waals surface area contributed by atoms with Crippen LogP contribution in [-0.2, 0) is 14.6 Å². The normalized spacial score (nSPS) is 21.1. The highest BCUT2D eigenvalue weighted by Crippen LogP contribution is 2.33. The lowest BCUT2D eigenvalue weighted by Gasteiger charge is -2.03. The van der Waals surface area contributed by atoms with E-state index in [1.807, 2.05) is 0 Å². The summed E-state index contributed by atoms with van der Waals surface area (Å²) in [5, 5.41) is -0.524. The van der Waals surface area contributed by atoms with Gasteiger partial charge in [-0.25, -0.2) is 18.2 Å². The van der Waals surface area contributed by atoms with E-state index in [-0.39, 0.29) is 5.75 Å². The van der Waals surface area contributed by atoms with Crippen LogP contribution in [0.5, 0.6) is 0 Å². The summed E-state index contributed by atoms with van der Waals surface area (Å²) in [7, 11) is -1.77. The van der Waals surface area contributed by atoms with E-state index in [0.717, 1.165) is 0 Å². The van der Waals surface area contributed by atoms with Crippen molar-refractivity contribution in [2.45, 2.75) is 18.1 Å². The Bertz CT molecular complexity index is 779. The number of carbonyl (C=O) groups excluding carboxylic acids is 1. The van der Waals surface area contributed by atoms with Crippen LogP contribution in [0.25, 0.3) is 5.65 Å². The predicted molar refractivity (Wildman–Crippen MR) is 72.3 cm³/mol. The maximum absolute atomic E-state index is 11.9. The van der Waals surface area contributed by atoms with Crippen LogP contribution >= 0.6 is 0 Å². The Morgan fingerprint density at radius 1 is 1.40 bits per heavy atom. The second-order valence-corrected chi connectivity index (χ2v) is 7.14. The van der Waals surface area contributed by atoms with Gasteiger partial charge in [-0.2, -0.15) is 0 Å². The summed E-state index contributed by atoms with van der Waals surface area (Å²) in [6, 6.07) is 3.29. The van der Waals surface area contributed by atoms with Crippen molar-refractivity contribution in [2.75, 3.05) is 12.9 Å². The lowest BCUT2D eigenvalue weighted by molar-refractivity contribution is 0.0600. The molecule has 3 heterocycles. The minimum Gasteiger partial charge on any atom is -0.465 e. The first kappa shape index (κ1) is 13.1. The van der Waals surface area contributed by atoms with E-state index in [4.69, 9.17) is 0 Å². The van der Waals surface area contributed by atoms with Crippen molar-refractivity contribution in [1.29, 1.82) is 0 Å². The average Bonchev–Trinajstić information content (AvgIpc) is 2.98. The van der Waals surface area contributed by atoms with E-state index >= 15 is 0 Å². The maximum atomic E-state index is 11.9. The number of ether oxygens (including phenoxy) is 1. The van der Waals surface area contributed by atoms with Gasteiger partial charge in [-0.15, -0.1) is 0 Å². The molecule has 3 rings (SSSR count).